The molecule has 0 amide bonds. The summed E-state index contributed by atoms with van der Waals surface area (Å²) >= 11 is 3.63. The summed E-state index contributed by atoms with van der Waals surface area (Å²) in [6, 6.07) is 0. The van der Waals surface area contributed by atoms with Crippen LogP contribution in [0.3, 0.4) is 0 Å². The van der Waals surface area contributed by atoms with Gasteiger partial charge in [-0.2, -0.15) is 0 Å². The van der Waals surface area contributed by atoms with Gasteiger partial charge in [0.15, 0.2) is 6.29 Å². The van der Waals surface area contributed by atoms with Gasteiger partial charge in [0.1, 0.15) is 0 Å². The monoisotopic (exact) mass is 280 g/mol. The summed E-state index contributed by atoms with van der Waals surface area (Å²) in [5.74, 6) is 0. The number of halogens is 1. The second-order valence-corrected chi connectivity index (χ2v) is 10.9. The molecule has 0 aromatic rings. The van der Waals surface area contributed by atoms with E-state index in [4.69, 9.17) is 9.47 Å². The normalized spacial score (nSPS) is 13.8. The van der Waals surface area contributed by atoms with Gasteiger partial charge in [0.25, 0.3) is 0 Å². The Bertz CT molecular complexity index is 183. The third-order valence-corrected chi connectivity index (χ3v) is 7.50. The quantitative estimate of drug-likeness (QED) is 0.547. The second-order valence-electron chi connectivity index (χ2n) is 4.28. The van der Waals surface area contributed by atoms with Crippen LogP contribution in [-0.4, -0.2) is 28.6 Å². The third kappa shape index (κ3) is 5.96. The Morgan fingerprint density at radius 3 is 2.14 bits per heavy atom. The smallest absolute Gasteiger partial charge is 0.157 e. The van der Waals surface area contributed by atoms with Gasteiger partial charge in [0.2, 0.25) is 0 Å². The van der Waals surface area contributed by atoms with Gasteiger partial charge in [0.05, 0.1) is 8.07 Å². The first kappa shape index (κ1) is 14.4. The van der Waals surface area contributed by atoms with E-state index in [1.807, 2.05) is 0 Å². The van der Waals surface area contributed by atoms with Crippen LogP contribution in [0.2, 0.25) is 19.6 Å². The maximum absolute atomic E-state index is 5.11. The molecule has 4 heteroatoms. The molecule has 0 unspecified atom stereocenters. The Morgan fingerprint density at radius 2 is 1.79 bits per heavy atom. The molecule has 0 radical (unpaired) electrons. The average Bonchev–Trinajstić information content (AvgIpc) is 2.10. The molecule has 0 aliphatic heterocycles. The van der Waals surface area contributed by atoms with Crippen molar-refractivity contribution in [1.82, 2.24) is 0 Å². The lowest BCUT2D eigenvalue weighted by molar-refractivity contribution is -0.105. The number of hydrogen-bond donors (Lipinski definition) is 0. The Labute approximate surface area is 96.8 Å². The van der Waals surface area contributed by atoms with E-state index in [9.17, 15) is 0 Å². The number of hydrogen-bond acceptors (Lipinski definition) is 2. The molecule has 0 aromatic carbocycles. The average molecular weight is 281 g/mol. The second kappa shape index (κ2) is 6.77. The molecule has 0 heterocycles. The fourth-order valence-corrected chi connectivity index (χ4v) is 1.97. The number of methoxy groups -OCH3 is 2. The standard InChI is InChI=1S/C10H21BrO2Si/c1-12-10(13-2)8-6-7-9(11)14(3,4)5/h7,10H,6,8H2,1-5H3/b9-7+. The molecule has 0 aromatic heterocycles. The van der Waals surface area contributed by atoms with Gasteiger partial charge in [-0.3, -0.25) is 0 Å². The third-order valence-electron chi connectivity index (χ3n) is 1.97. The van der Waals surface area contributed by atoms with Gasteiger partial charge < -0.3 is 9.47 Å². The Hall–Kier alpha value is 0.357. The molecule has 0 spiro atoms. The SMILES string of the molecule is COC(CC/C=C(\Br)[Si](C)(C)C)OC. The zero-order valence-corrected chi connectivity index (χ0v) is 12.3. The molecule has 0 saturated heterocycles. The van der Waals surface area contributed by atoms with Crippen molar-refractivity contribution >= 4 is 24.0 Å². The predicted molar refractivity (Wildman–Crippen MR) is 67.4 cm³/mol. The summed E-state index contributed by atoms with van der Waals surface area (Å²) in [4.78, 5) is 0. The van der Waals surface area contributed by atoms with E-state index in [0.29, 0.717) is 0 Å². The van der Waals surface area contributed by atoms with Crippen LogP contribution in [0.15, 0.2) is 10.2 Å². The van der Waals surface area contributed by atoms with E-state index in [1.54, 1.807) is 14.2 Å². The molecular weight excluding hydrogens is 260 g/mol. The molecule has 84 valence electrons. The largest absolute Gasteiger partial charge is 0.356 e. The van der Waals surface area contributed by atoms with E-state index >= 15 is 0 Å². The summed E-state index contributed by atoms with van der Waals surface area (Å²) in [7, 11) is 2.19. The van der Waals surface area contributed by atoms with Crippen molar-refractivity contribution in [2.24, 2.45) is 0 Å². The minimum absolute atomic E-state index is 0.0758. The fourth-order valence-electron chi connectivity index (χ4n) is 0.984. The van der Waals surface area contributed by atoms with Crippen LogP contribution < -0.4 is 0 Å². The van der Waals surface area contributed by atoms with Crippen LogP contribution in [0.4, 0.5) is 0 Å². The van der Waals surface area contributed by atoms with Crippen molar-refractivity contribution < 1.29 is 9.47 Å². The highest BCUT2D eigenvalue weighted by atomic mass is 79.9. The maximum atomic E-state index is 5.11. The molecular formula is C10H21BrO2Si. The van der Waals surface area contributed by atoms with Crippen molar-refractivity contribution in [3.63, 3.8) is 0 Å². The summed E-state index contributed by atoms with van der Waals surface area (Å²) in [5.41, 5.74) is 0. The lowest BCUT2D eigenvalue weighted by Gasteiger charge is -2.16. The van der Waals surface area contributed by atoms with Crippen molar-refractivity contribution in [2.45, 2.75) is 38.8 Å². The minimum Gasteiger partial charge on any atom is -0.356 e. The van der Waals surface area contributed by atoms with Crippen molar-refractivity contribution in [3.05, 3.63) is 10.2 Å². The van der Waals surface area contributed by atoms with Crippen LogP contribution in [0.5, 0.6) is 0 Å². The predicted octanol–water partition coefficient (Wildman–Crippen LogP) is 3.54. The number of allylic oxidation sites excluding steroid dienone is 1. The highest BCUT2D eigenvalue weighted by Crippen LogP contribution is 2.21. The van der Waals surface area contributed by atoms with Gasteiger partial charge in [0, 0.05) is 20.6 Å². The summed E-state index contributed by atoms with van der Waals surface area (Å²) < 4.78 is 11.6. The molecule has 0 aliphatic carbocycles. The highest BCUT2D eigenvalue weighted by molar-refractivity contribution is 9.12. The zero-order chi connectivity index (χ0) is 11.2. The molecule has 0 fully saturated rings. The van der Waals surface area contributed by atoms with Gasteiger partial charge >= 0.3 is 0 Å². The van der Waals surface area contributed by atoms with Crippen LogP contribution in [0.1, 0.15) is 12.8 Å². The molecule has 0 rings (SSSR count). The van der Waals surface area contributed by atoms with Crippen LogP contribution >= 0.6 is 15.9 Å². The van der Waals surface area contributed by atoms with E-state index in [2.05, 4.69) is 41.6 Å². The van der Waals surface area contributed by atoms with Crippen LogP contribution in [0, 0.1) is 0 Å². The van der Waals surface area contributed by atoms with E-state index < -0.39 is 8.07 Å². The van der Waals surface area contributed by atoms with Crippen molar-refractivity contribution in [2.75, 3.05) is 14.2 Å². The Balaban J connectivity index is 3.93. The van der Waals surface area contributed by atoms with Crippen molar-refractivity contribution in [1.29, 1.82) is 0 Å². The molecule has 0 aliphatic rings. The molecule has 0 bridgehead atoms. The maximum Gasteiger partial charge on any atom is 0.157 e. The molecule has 0 saturated carbocycles. The first-order valence-corrected chi connectivity index (χ1v) is 9.13. The summed E-state index contributed by atoms with van der Waals surface area (Å²) in [5, 5.41) is 0. The molecule has 2 nitrogen and oxygen atoms in total. The highest BCUT2D eigenvalue weighted by Gasteiger charge is 2.16. The molecule has 14 heavy (non-hydrogen) atoms. The van der Waals surface area contributed by atoms with E-state index in [0.717, 1.165) is 12.8 Å². The number of rotatable bonds is 6. The fraction of sp³-hybridized carbons (Fsp3) is 0.800. The van der Waals surface area contributed by atoms with Crippen molar-refractivity contribution in [3.8, 4) is 0 Å². The lowest BCUT2D eigenvalue weighted by Crippen LogP contribution is -2.20. The Morgan fingerprint density at radius 1 is 1.29 bits per heavy atom. The summed E-state index contributed by atoms with van der Waals surface area (Å²) in [6.07, 6.45) is 4.08. The minimum atomic E-state index is -1.16. The van der Waals surface area contributed by atoms with E-state index in [1.165, 1.54) is 4.11 Å². The topological polar surface area (TPSA) is 18.5 Å². The van der Waals surface area contributed by atoms with Crippen LogP contribution in [0.25, 0.3) is 0 Å². The van der Waals surface area contributed by atoms with Gasteiger partial charge in [-0.25, -0.2) is 0 Å². The van der Waals surface area contributed by atoms with Gasteiger partial charge in [-0.05, 0) is 10.5 Å². The first-order valence-electron chi connectivity index (χ1n) is 4.83. The molecule has 0 atom stereocenters. The van der Waals surface area contributed by atoms with Gasteiger partial charge in [-0.15, -0.1) is 0 Å². The first-order chi connectivity index (χ1) is 6.41. The molecule has 0 N–H and O–H groups in total. The summed E-state index contributed by atoms with van der Waals surface area (Å²) in [6.45, 7) is 6.95. The number of ether oxygens (including phenoxy) is 2. The Kier molecular flexibility index (Phi) is 6.94. The van der Waals surface area contributed by atoms with Gasteiger partial charge in [-0.1, -0.05) is 41.6 Å². The van der Waals surface area contributed by atoms with Crippen LogP contribution in [-0.2, 0) is 9.47 Å². The zero-order valence-electron chi connectivity index (χ0n) is 9.76. The lowest BCUT2D eigenvalue weighted by atomic mass is 10.3. The van der Waals surface area contributed by atoms with E-state index in [-0.39, 0.29) is 6.29 Å².